The number of phenols is 1. The minimum absolute atomic E-state index is 0.0439. The van der Waals surface area contributed by atoms with Crippen molar-refractivity contribution in [3.8, 4) is 5.75 Å². The lowest BCUT2D eigenvalue weighted by atomic mass is 10.3. The number of ether oxygens (including phenoxy) is 1. The Labute approximate surface area is 100.0 Å². The van der Waals surface area contributed by atoms with Crippen molar-refractivity contribution < 1.29 is 14.6 Å². The highest BCUT2D eigenvalue weighted by Gasteiger charge is 2.13. The number of morpholine rings is 1. The summed E-state index contributed by atoms with van der Waals surface area (Å²) in [6.07, 6.45) is 0. The molecule has 0 aromatic heterocycles. The molecule has 0 aliphatic carbocycles. The Kier molecular flexibility index (Phi) is 3.95. The molecule has 2 rings (SSSR count). The number of aromatic hydroxyl groups is 1. The first-order valence-electron chi connectivity index (χ1n) is 5.63. The van der Waals surface area contributed by atoms with Gasteiger partial charge in [0.25, 0.3) is 0 Å². The number of anilines is 1. The zero-order chi connectivity index (χ0) is 12.1. The maximum atomic E-state index is 11.7. The predicted octanol–water partition coefficient (Wildman–Crippen LogP) is 0.663. The maximum absolute atomic E-state index is 11.7. The fourth-order valence-electron chi connectivity index (χ4n) is 1.71. The van der Waals surface area contributed by atoms with Crippen molar-refractivity contribution in [3.05, 3.63) is 24.3 Å². The molecule has 1 saturated heterocycles. The van der Waals surface area contributed by atoms with Gasteiger partial charge in [0, 0.05) is 18.8 Å². The number of amides is 1. The molecule has 0 saturated carbocycles. The molecular weight excluding hydrogens is 220 g/mol. The zero-order valence-corrected chi connectivity index (χ0v) is 9.56. The average Bonchev–Trinajstić information content (AvgIpc) is 2.33. The highest BCUT2D eigenvalue weighted by Crippen LogP contribution is 2.13. The lowest BCUT2D eigenvalue weighted by molar-refractivity contribution is -0.118. The molecule has 1 heterocycles. The van der Waals surface area contributed by atoms with E-state index >= 15 is 0 Å². The number of benzene rings is 1. The molecule has 2 N–H and O–H groups in total. The van der Waals surface area contributed by atoms with Crippen LogP contribution >= 0.6 is 0 Å². The number of carbonyl (C=O) groups is 1. The average molecular weight is 236 g/mol. The summed E-state index contributed by atoms with van der Waals surface area (Å²) in [5.74, 6) is 0.147. The third-order valence-electron chi connectivity index (χ3n) is 2.62. The minimum Gasteiger partial charge on any atom is -0.508 e. The molecule has 1 aromatic rings. The number of nitrogens with zero attached hydrogens (tertiary/aromatic N) is 1. The van der Waals surface area contributed by atoms with Crippen LogP contribution in [0.4, 0.5) is 5.69 Å². The molecule has 1 amide bonds. The summed E-state index contributed by atoms with van der Waals surface area (Å²) < 4.78 is 5.21. The number of rotatable bonds is 3. The van der Waals surface area contributed by atoms with Crippen LogP contribution in [0.15, 0.2) is 24.3 Å². The van der Waals surface area contributed by atoms with E-state index in [0.717, 1.165) is 13.1 Å². The summed E-state index contributed by atoms with van der Waals surface area (Å²) in [7, 11) is 0. The van der Waals surface area contributed by atoms with E-state index in [9.17, 15) is 4.79 Å². The lowest BCUT2D eigenvalue weighted by Crippen LogP contribution is -2.41. The molecule has 0 bridgehead atoms. The summed E-state index contributed by atoms with van der Waals surface area (Å²) >= 11 is 0. The van der Waals surface area contributed by atoms with Crippen molar-refractivity contribution in [3.63, 3.8) is 0 Å². The Bertz CT molecular complexity index is 372. The van der Waals surface area contributed by atoms with Crippen LogP contribution < -0.4 is 5.32 Å². The topological polar surface area (TPSA) is 61.8 Å². The van der Waals surface area contributed by atoms with E-state index in [1.165, 1.54) is 0 Å². The molecule has 1 aromatic carbocycles. The third-order valence-corrected chi connectivity index (χ3v) is 2.62. The Morgan fingerprint density at radius 3 is 2.59 bits per heavy atom. The third kappa shape index (κ3) is 3.72. The molecule has 1 aliphatic rings. The molecule has 0 atom stereocenters. The van der Waals surface area contributed by atoms with Gasteiger partial charge in [0.15, 0.2) is 0 Å². The molecule has 1 aliphatic heterocycles. The van der Waals surface area contributed by atoms with Gasteiger partial charge in [0.05, 0.1) is 19.8 Å². The van der Waals surface area contributed by atoms with Gasteiger partial charge in [-0.15, -0.1) is 0 Å². The predicted molar refractivity (Wildman–Crippen MR) is 64.0 cm³/mol. The molecule has 0 spiro atoms. The van der Waals surface area contributed by atoms with Crippen molar-refractivity contribution in [1.82, 2.24) is 4.90 Å². The largest absolute Gasteiger partial charge is 0.508 e. The van der Waals surface area contributed by atoms with Gasteiger partial charge in [0.2, 0.25) is 5.91 Å². The first kappa shape index (κ1) is 11.9. The number of carbonyl (C=O) groups excluding carboxylic acids is 1. The second kappa shape index (κ2) is 5.65. The molecule has 0 radical (unpaired) electrons. The van der Waals surface area contributed by atoms with Crippen molar-refractivity contribution in [2.75, 3.05) is 38.2 Å². The van der Waals surface area contributed by atoms with E-state index in [-0.39, 0.29) is 11.7 Å². The second-order valence-corrected chi connectivity index (χ2v) is 3.98. The van der Waals surface area contributed by atoms with Gasteiger partial charge in [-0.05, 0) is 24.3 Å². The fraction of sp³-hybridized carbons (Fsp3) is 0.417. The monoisotopic (exact) mass is 236 g/mol. The first-order valence-corrected chi connectivity index (χ1v) is 5.63. The molecule has 0 unspecified atom stereocenters. The number of hydrogen-bond donors (Lipinski definition) is 2. The van der Waals surface area contributed by atoms with E-state index in [4.69, 9.17) is 9.84 Å². The van der Waals surface area contributed by atoms with Crippen molar-refractivity contribution >= 4 is 11.6 Å². The van der Waals surface area contributed by atoms with Crippen molar-refractivity contribution in [2.24, 2.45) is 0 Å². The van der Waals surface area contributed by atoms with Crippen LogP contribution in [0.25, 0.3) is 0 Å². The van der Waals surface area contributed by atoms with Crippen LogP contribution in [0, 0.1) is 0 Å². The number of hydrogen-bond acceptors (Lipinski definition) is 4. The van der Waals surface area contributed by atoms with Gasteiger partial charge < -0.3 is 15.2 Å². The quantitative estimate of drug-likeness (QED) is 0.757. The van der Waals surface area contributed by atoms with E-state index in [1.54, 1.807) is 24.3 Å². The molecule has 5 heteroatoms. The van der Waals surface area contributed by atoms with E-state index in [1.807, 2.05) is 0 Å². The van der Waals surface area contributed by atoms with Crippen LogP contribution in [0.1, 0.15) is 0 Å². The summed E-state index contributed by atoms with van der Waals surface area (Å²) in [6, 6.07) is 6.44. The lowest BCUT2D eigenvalue weighted by Gasteiger charge is -2.25. The molecule has 92 valence electrons. The standard InChI is InChI=1S/C12H16N2O3/c15-11-3-1-10(2-4-11)13-12(16)9-14-5-7-17-8-6-14/h1-4,15H,5-9H2,(H,13,16). The van der Waals surface area contributed by atoms with E-state index < -0.39 is 0 Å². The first-order chi connectivity index (χ1) is 8.24. The van der Waals surface area contributed by atoms with Gasteiger partial charge in [0.1, 0.15) is 5.75 Å². The van der Waals surface area contributed by atoms with Crippen LogP contribution in [-0.4, -0.2) is 48.8 Å². The van der Waals surface area contributed by atoms with E-state index in [0.29, 0.717) is 25.4 Å². The SMILES string of the molecule is O=C(CN1CCOCC1)Nc1ccc(O)cc1. The summed E-state index contributed by atoms with van der Waals surface area (Å²) in [4.78, 5) is 13.8. The summed E-state index contributed by atoms with van der Waals surface area (Å²) in [5, 5.41) is 11.9. The Balaban J connectivity index is 1.82. The maximum Gasteiger partial charge on any atom is 0.238 e. The zero-order valence-electron chi connectivity index (χ0n) is 9.56. The van der Waals surface area contributed by atoms with Gasteiger partial charge in [-0.3, -0.25) is 9.69 Å². The normalized spacial score (nSPS) is 16.7. The smallest absolute Gasteiger partial charge is 0.238 e. The Hall–Kier alpha value is -1.59. The van der Waals surface area contributed by atoms with Gasteiger partial charge >= 0.3 is 0 Å². The van der Waals surface area contributed by atoms with Crippen LogP contribution in [0.3, 0.4) is 0 Å². The minimum atomic E-state index is -0.0439. The number of nitrogens with one attached hydrogen (secondary N) is 1. The summed E-state index contributed by atoms with van der Waals surface area (Å²) in [5.41, 5.74) is 0.695. The van der Waals surface area contributed by atoms with E-state index in [2.05, 4.69) is 10.2 Å². The highest BCUT2D eigenvalue weighted by molar-refractivity contribution is 5.92. The fourth-order valence-corrected chi connectivity index (χ4v) is 1.71. The van der Waals surface area contributed by atoms with Crippen molar-refractivity contribution in [1.29, 1.82) is 0 Å². The van der Waals surface area contributed by atoms with Crippen molar-refractivity contribution in [2.45, 2.75) is 0 Å². The molecular formula is C12H16N2O3. The van der Waals surface area contributed by atoms with Crippen LogP contribution in [0.5, 0.6) is 5.75 Å². The number of phenolic OH excluding ortho intramolecular Hbond substituents is 1. The molecule has 17 heavy (non-hydrogen) atoms. The van der Waals surface area contributed by atoms with Crippen LogP contribution in [0.2, 0.25) is 0 Å². The highest BCUT2D eigenvalue weighted by atomic mass is 16.5. The molecule has 1 fully saturated rings. The summed E-state index contributed by atoms with van der Waals surface area (Å²) in [6.45, 7) is 3.34. The second-order valence-electron chi connectivity index (χ2n) is 3.98. The van der Waals surface area contributed by atoms with Gasteiger partial charge in [-0.1, -0.05) is 0 Å². The van der Waals surface area contributed by atoms with Crippen LogP contribution in [-0.2, 0) is 9.53 Å². The molecule has 5 nitrogen and oxygen atoms in total. The Morgan fingerprint density at radius 1 is 1.29 bits per heavy atom. The Morgan fingerprint density at radius 2 is 1.94 bits per heavy atom. The van der Waals surface area contributed by atoms with Gasteiger partial charge in [-0.25, -0.2) is 0 Å². The van der Waals surface area contributed by atoms with Gasteiger partial charge in [-0.2, -0.15) is 0 Å².